The van der Waals surface area contributed by atoms with E-state index in [1.54, 1.807) is 6.07 Å². The van der Waals surface area contributed by atoms with Gasteiger partial charge in [-0.1, -0.05) is 11.8 Å². The Bertz CT molecular complexity index is 671. The van der Waals surface area contributed by atoms with Gasteiger partial charge < -0.3 is 11.5 Å². The fourth-order valence-electron chi connectivity index (χ4n) is 1.52. The number of carbonyl (C=O) groups is 1. The molecule has 4 N–H and O–H groups in total. The summed E-state index contributed by atoms with van der Waals surface area (Å²) in [6.45, 7) is 0. The molecule has 1 aromatic heterocycles. The molecule has 1 amide bonds. The van der Waals surface area contributed by atoms with Crippen LogP contribution in [0.15, 0.2) is 46.5 Å². The summed E-state index contributed by atoms with van der Waals surface area (Å²) in [6, 6.07) is 6.68. The van der Waals surface area contributed by atoms with Crippen LogP contribution in [-0.4, -0.2) is 10.9 Å². The molecule has 0 aliphatic rings. The number of halogens is 3. The summed E-state index contributed by atoms with van der Waals surface area (Å²) in [5, 5.41) is 0.363. The van der Waals surface area contributed by atoms with E-state index in [2.05, 4.69) is 4.98 Å². The smallest absolute Gasteiger partial charge is 0.398 e. The Balaban J connectivity index is 2.20. The number of aromatic nitrogens is 1. The van der Waals surface area contributed by atoms with Crippen molar-refractivity contribution in [2.24, 2.45) is 5.73 Å². The lowest BCUT2D eigenvalue weighted by molar-refractivity contribution is -0.137. The van der Waals surface area contributed by atoms with Crippen LogP contribution in [0.4, 0.5) is 18.9 Å². The van der Waals surface area contributed by atoms with Gasteiger partial charge >= 0.3 is 6.18 Å². The zero-order valence-corrected chi connectivity index (χ0v) is 11.3. The predicted octanol–water partition coefficient (Wildman–Crippen LogP) is 2.93. The second-order valence-electron chi connectivity index (χ2n) is 4.10. The van der Waals surface area contributed by atoms with Crippen molar-refractivity contribution in [1.82, 2.24) is 4.98 Å². The van der Waals surface area contributed by atoms with E-state index in [4.69, 9.17) is 11.5 Å². The minimum Gasteiger partial charge on any atom is -0.398 e. The van der Waals surface area contributed by atoms with Crippen molar-refractivity contribution in [2.45, 2.75) is 16.1 Å². The molecular weight excluding hydrogens is 303 g/mol. The Labute approximate surface area is 122 Å². The molecule has 4 nitrogen and oxygen atoms in total. The average Bonchev–Trinajstić information content (AvgIpc) is 2.40. The van der Waals surface area contributed by atoms with Gasteiger partial charge in [-0.15, -0.1) is 0 Å². The zero-order valence-electron chi connectivity index (χ0n) is 10.5. The van der Waals surface area contributed by atoms with Gasteiger partial charge in [-0.2, -0.15) is 13.2 Å². The number of alkyl halides is 3. The summed E-state index contributed by atoms with van der Waals surface area (Å²) in [4.78, 5) is 15.3. The van der Waals surface area contributed by atoms with Crippen LogP contribution in [-0.2, 0) is 6.18 Å². The van der Waals surface area contributed by atoms with Crippen LogP contribution in [0.3, 0.4) is 0 Å². The van der Waals surface area contributed by atoms with E-state index in [0.29, 0.717) is 15.6 Å². The summed E-state index contributed by atoms with van der Waals surface area (Å²) in [6.07, 6.45) is -3.66. The lowest BCUT2D eigenvalue weighted by Gasteiger charge is -2.08. The fourth-order valence-corrected chi connectivity index (χ4v) is 2.30. The summed E-state index contributed by atoms with van der Waals surface area (Å²) >= 11 is 1.10. The van der Waals surface area contributed by atoms with E-state index < -0.39 is 17.6 Å². The maximum absolute atomic E-state index is 12.4. The fraction of sp³-hybridized carbons (Fsp3) is 0.0769. The molecule has 110 valence electrons. The molecule has 0 saturated carbocycles. The molecule has 2 rings (SSSR count). The molecular formula is C13H10F3N3OS. The predicted molar refractivity (Wildman–Crippen MR) is 72.7 cm³/mol. The van der Waals surface area contributed by atoms with E-state index >= 15 is 0 Å². The van der Waals surface area contributed by atoms with Crippen LogP contribution in [0.2, 0.25) is 0 Å². The molecule has 0 fully saturated rings. The molecule has 0 saturated heterocycles. The topological polar surface area (TPSA) is 82.0 Å². The van der Waals surface area contributed by atoms with Gasteiger partial charge in [-0.05, 0) is 30.3 Å². The number of hydrogen-bond acceptors (Lipinski definition) is 4. The molecule has 0 aliphatic carbocycles. The SMILES string of the molecule is NC(=O)c1ccc(Sc2ccc(C(F)(F)F)cn2)c(N)c1. The number of nitrogens with two attached hydrogens (primary N) is 2. The highest BCUT2D eigenvalue weighted by Gasteiger charge is 2.30. The van der Waals surface area contributed by atoms with E-state index in [1.807, 2.05) is 0 Å². The number of amides is 1. The number of nitrogens with zero attached hydrogens (tertiary/aromatic N) is 1. The molecule has 0 bridgehead atoms. The van der Waals surface area contributed by atoms with Gasteiger partial charge in [-0.25, -0.2) is 4.98 Å². The van der Waals surface area contributed by atoms with Gasteiger partial charge in [0.05, 0.1) is 5.56 Å². The largest absolute Gasteiger partial charge is 0.417 e. The third-order valence-corrected chi connectivity index (χ3v) is 3.61. The first-order valence-electron chi connectivity index (χ1n) is 5.68. The van der Waals surface area contributed by atoms with Crippen LogP contribution in [0.1, 0.15) is 15.9 Å². The van der Waals surface area contributed by atoms with Gasteiger partial charge in [0.25, 0.3) is 0 Å². The number of carbonyl (C=O) groups excluding carboxylic acids is 1. The molecule has 8 heteroatoms. The van der Waals surface area contributed by atoms with Crippen molar-refractivity contribution in [3.8, 4) is 0 Å². The quantitative estimate of drug-likeness (QED) is 0.854. The Morgan fingerprint density at radius 2 is 1.90 bits per heavy atom. The number of rotatable bonds is 3. The van der Waals surface area contributed by atoms with E-state index in [1.165, 1.54) is 18.2 Å². The maximum Gasteiger partial charge on any atom is 0.417 e. The number of nitrogen functional groups attached to an aromatic ring is 1. The number of anilines is 1. The van der Waals surface area contributed by atoms with Crippen molar-refractivity contribution >= 4 is 23.4 Å². The number of primary amides is 1. The zero-order chi connectivity index (χ0) is 15.6. The van der Waals surface area contributed by atoms with E-state index in [9.17, 15) is 18.0 Å². The molecule has 2 aromatic rings. The Morgan fingerprint density at radius 1 is 1.19 bits per heavy atom. The third-order valence-electron chi connectivity index (χ3n) is 2.57. The van der Waals surface area contributed by atoms with Crippen molar-refractivity contribution in [2.75, 3.05) is 5.73 Å². The maximum atomic E-state index is 12.4. The number of pyridine rings is 1. The summed E-state index contributed by atoms with van der Waals surface area (Å²) in [7, 11) is 0. The van der Waals surface area contributed by atoms with Gasteiger partial charge in [0.2, 0.25) is 5.91 Å². The van der Waals surface area contributed by atoms with Crippen LogP contribution in [0.5, 0.6) is 0 Å². The Morgan fingerprint density at radius 3 is 2.38 bits per heavy atom. The molecule has 0 spiro atoms. The highest BCUT2D eigenvalue weighted by molar-refractivity contribution is 7.99. The lowest BCUT2D eigenvalue weighted by atomic mass is 10.2. The standard InChI is InChI=1S/C13H10F3N3OS/c14-13(15,16)8-2-4-11(19-6-8)21-10-3-1-7(12(18)20)5-9(10)17/h1-6H,17H2,(H2,18,20). The van der Waals surface area contributed by atoms with Crippen LogP contribution >= 0.6 is 11.8 Å². The second kappa shape index (κ2) is 5.65. The van der Waals surface area contributed by atoms with E-state index in [0.717, 1.165) is 24.0 Å². The molecule has 0 radical (unpaired) electrons. The van der Waals surface area contributed by atoms with E-state index in [-0.39, 0.29) is 5.56 Å². The second-order valence-corrected chi connectivity index (χ2v) is 5.16. The average molecular weight is 313 g/mol. The summed E-state index contributed by atoms with van der Waals surface area (Å²) in [5.74, 6) is -0.606. The van der Waals surface area contributed by atoms with Crippen LogP contribution in [0.25, 0.3) is 0 Å². The van der Waals surface area contributed by atoms with Crippen molar-refractivity contribution in [3.05, 3.63) is 47.7 Å². The molecule has 1 heterocycles. The third kappa shape index (κ3) is 3.66. The van der Waals surface area contributed by atoms with Crippen molar-refractivity contribution in [1.29, 1.82) is 0 Å². The first kappa shape index (κ1) is 15.2. The molecule has 0 aliphatic heterocycles. The highest BCUT2D eigenvalue weighted by atomic mass is 32.2. The monoisotopic (exact) mass is 313 g/mol. The Kier molecular flexibility index (Phi) is 4.08. The molecule has 1 aromatic carbocycles. The highest BCUT2D eigenvalue weighted by Crippen LogP contribution is 2.33. The molecule has 0 atom stereocenters. The summed E-state index contributed by atoms with van der Waals surface area (Å²) in [5.41, 5.74) is 10.6. The number of hydrogen-bond donors (Lipinski definition) is 2. The van der Waals surface area contributed by atoms with Gasteiger partial charge in [0.15, 0.2) is 0 Å². The van der Waals surface area contributed by atoms with Crippen LogP contribution in [0, 0.1) is 0 Å². The molecule has 0 unspecified atom stereocenters. The normalized spacial score (nSPS) is 11.4. The lowest BCUT2D eigenvalue weighted by Crippen LogP contribution is -2.11. The first-order chi connectivity index (χ1) is 9.77. The van der Waals surface area contributed by atoms with Crippen LogP contribution < -0.4 is 11.5 Å². The van der Waals surface area contributed by atoms with Gasteiger partial charge in [-0.3, -0.25) is 4.79 Å². The number of benzene rings is 1. The minimum absolute atomic E-state index is 0.261. The molecule has 21 heavy (non-hydrogen) atoms. The van der Waals surface area contributed by atoms with Gasteiger partial charge in [0, 0.05) is 22.3 Å². The van der Waals surface area contributed by atoms with Gasteiger partial charge in [0.1, 0.15) is 5.03 Å². The van der Waals surface area contributed by atoms with Crippen molar-refractivity contribution in [3.63, 3.8) is 0 Å². The summed E-state index contributed by atoms with van der Waals surface area (Å²) < 4.78 is 37.3. The first-order valence-corrected chi connectivity index (χ1v) is 6.49. The minimum atomic E-state index is -4.42. The van der Waals surface area contributed by atoms with Crippen molar-refractivity contribution < 1.29 is 18.0 Å². The Hall–Kier alpha value is -2.22.